The van der Waals surface area contributed by atoms with Crippen LogP contribution in [0.25, 0.3) is 11.2 Å². The molecule has 7 atom stereocenters. The lowest BCUT2D eigenvalue weighted by molar-refractivity contribution is -0.0722. The number of aromatic amines is 1. The predicted octanol–water partition coefficient (Wildman–Crippen LogP) is 1.02. The van der Waals surface area contributed by atoms with E-state index < -0.39 is 55.9 Å². The molecule has 2 aliphatic heterocycles. The predicted molar refractivity (Wildman–Crippen MR) is 161 cm³/mol. The number of nitrogens with zero attached hydrogens (tertiary/aromatic N) is 6. The molecule has 0 bridgehead atoms. The number of aromatic nitrogens is 7. The van der Waals surface area contributed by atoms with E-state index in [1.54, 1.807) is 0 Å². The fourth-order valence-electron chi connectivity index (χ4n) is 5.23. The lowest BCUT2D eigenvalue weighted by Gasteiger charge is -2.23. The third kappa shape index (κ3) is 8.16. The number of hydrogen-bond donors (Lipinski definition) is 4. The van der Waals surface area contributed by atoms with E-state index in [4.69, 9.17) is 39.5 Å². The SMILES string of the molecule is CCCCOC[C@H]1O[C@@H](n2cnc3c(=O)[nH]c(N)nc32)C[C@H]1OP(=O)(O)OC[C@H]1O[C@@H](n2cnc(N)nc2=O)C[C@H]1OCCCC. The molecule has 5 rings (SSSR count). The highest BCUT2D eigenvalue weighted by Gasteiger charge is 2.44. The molecule has 20 heteroatoms. The van der Waals surface area contributed by atoms with E-state index >= 15 is 0 Å². The molecule has 2 saturated heterocycles. The van der Waals surface area contributed by atoms with Gasteiger partial charge in [-0.1, -0.05) is 26.7 Å². The van der Waals surface area contributed by atoms with Crippen molar-refractivity contribution in [2.45, 2.75) is 89.2 Å². The van der Waals surface area contributed by atoms with Gasteiger partial charge >= 0.3 is 13.5 Å². The number of phosphoric acid groups is 1. The number of imidazole rings is 1. The van der Waals surface area contributed by atoms with E-state index in [1.165, 1.54) is 21.8 Å². The summed E-state index contributed by atoms with van der Waals surface area (Å²) >= 11 is 0. The summed E-state index contributed by atoms with van der Waals surface area (Å²) in [5.41, 5.74) is 10.3. The second-order valence-corrected chi connectivity index (χ2v) is 12.4. The van der Waals surface area contributed by atoms with E-state index in [0.29, 0.717) is 13.2 Å². The van der Waals surface area contributed by atoms with Crippen LogP contribution in [-0.4, -0.2) is 89.8 Å². The summed E-state index contributed by atoms with van der Waals surface area (Å²) in [6.45, 7) is 4.62. The van der Waals surface area contributed by atoms with Gasteiger partial charge in [-0.15, -0.1) is 0 Å². The Bertz CT molecular complexity index is 1630. The van der Waals surface area contributed by atoms with Crippen molar-refractivity contribution in [2.24, 2.45) is 0 Å². The monoisotopic (exact) mass is 669 g/mol. The minimum atomic E-state index is -4.71. The van der Waals surface area contributed by atoms with Gasteiger partial charge in [-0.05, 0) is 12.8 Å². The van der Waals surface area contributed by atoms with Crippen LogP contribution in [-0.2, 0) is 32.6 Å². The molecule has 0 saturated carbocycles. The van der Waals surface area contributed by atoms with Gasteiger partial charge in [0.25, 0.3) is 5.56 Å². The van der Waals surface area contributed by atoms with Crippen LogP contribution in [0.4, 0.5) is 11.9 Å². The zero-order valence-corrected chi connectivity index (χ0v) is 26.5. The standard InChI is InChI=1S/C26H40N9O10P/c1-3-5-7-40-11-17-16(10-19(43-17)34-13-29-21-22(34)31-25(28)32-23(21)36)45-46(38,39)42-12-18-15(41-8-6-4-2)9-20(44-18)35-14-30-24(27)33-26(35)37/h13-20H,3-12H2,1-2H3,(H,38,39)(H2,27,33,37)(H3,28,31,32,36)/t15-,16-,17-,18-,19-,20-/m1/s1. The Balaban J connectivity index is 1.28. The first kappa shape index (κ1) is 34.1. The van der Waals surface area contributed by atoms with E-state index in [1.807, 2.05) is 13.8 Å². The topological polar surface area (TPSA) is 256 Å². The molecule has 3 aromatic rings. The molecule has 0 radical (unpaired) electrons. The number of anilines is 2. The number of phosphoric ester groups is 1. The summed E-state index contributed by atoms with van der Waals surface area (Å²) in [4.78, 5) is 53.7. The number of nitrogens with one attached hydrogen (secondary N) is 1. The van der Waals surface area contributed by atoms with Crippen molar-refractivity contribution in [2.75, 3.05) is 37.9 Å². The first-order chi connectivity index (χ1) is 22.1. The third-order valence-electron chi connectivity index (χ3n) is 7.60. The normalized spacial score (nSPS) is 26.2. The molecule has 2 fully saturated rings. The summed E-state index contributed by atoms with van der Waals surface area (Å²) in [5.74, 6) is -0.268. The zero-order valence-electron chi connectivity index (χ0n) is 25.6. The summed E-state index contributed by atoms with van der Waals surface area (Å²) in [6.07, 6.45) is 1.70. The second kappa shape index (κ2) is 15.1. The molecule has 1 unspecified atom stereocenters. The molecule has 0 aliphatic carbocycles. The highest BCUT2D eigenvalue weighted by atomic mass is 31.2. The van der Waals surface area contributed by atoms with Crippen LogP contribution in [0.5, 0.6) is 0 Å². The Kier molecular flexibility index (Phi) is 11.2. The lowest BCUT2D eigenvalue weighted by atomic mass is 10.2. The zero-order chi connectivity index (χ0) is 32.8. The number of nitrogen functional groups attached to an aromatic ring is 2. The van der Waals surface area contributed by atoms with E-state index in [9.17, 15) is 19.0 Å². The number of nitrogens with two attached hydrogens (primary N) is 2. The van der Waals surface area contributed by atoms with E-state index in [0.717, 1.165) is 25.7 Å². The van der Waals surface area contributed by atoms with Crippen LogP contribution in [0.3, 0.4) is 0 Å². The number of hydrogen-bond acceptors (Lipinski definition) is 15. The van der Waals surface area contributed by atoms with Gasteiger partial charge in [-0.3, -0.25) is 28.0 Å². The lowest BCUT2D eigenvalue weighted by Crippen LogP contribution is -2.31. The molecule has 2 aliphatic rings. The van der Waals surface area contributed by atoms with Crippen LogP contribution in [0, 0.1) is 0 Å². The summed E-state index contributed by atoms with van der Waals surface area (Å²) in [5, 5.41) is 0. The molecule has 3 aromatic heterocycles. The average molecular weight is 670 g/mol. The smallest absolute Gasteiger partial charge is 0.379 e. The average Bonchev–Trinajstić information content (AvgIpc) is 3.71. The van der Waals surface area contributed by atoms with Gasteiger partial charge in [0.1, 0.15) is 37.1 Å². The summed E-state index contributed by atoms with van der Waals surface area (Å²) in [6, 6.07) is 0. The number of unbranched alkanes of at least 4 members (excludes halogenated alkanes) is 2. The van der Waals surface area contributed by atoms with Crippen molar-refractivity contribution < 1.29 is 37.5 Å². The van der Waals surface area contributed by atoms with Gasteiger partial charge in [0, 0.05) is 26.1 Å². The first-order valence-corrected chi connectivity index (χ1v) is 16.7. The van der Waals surface area contributed by atoms with Crippen LogP contribution in [0.15, 0.2) is 22.2 Å². The maximum Gasteiger partial charge on any atom is 0.472 e. The van der Waals surface area contributed by atoms with Crippen molar-refractivity contribution >= 4 is 30.9 Å². The Hall–Kier alpha value is -3.29. The summed E-state index contributed by atoms with van der Waals surface area (Å²) < 4.78 is 50.9. The Labute approximate surface area is 263 Å². The third-order valence-corrected chi connectivity index (χ3v) is 8.61. The molecule has 19 nitrogen and oxygen atoms in total. The minimum Gasteiger partial charge on any atom is -0.379 e. The van der Waals surface area contributed by atoms with Gasteiger partial charge in [0.15, 0.2) is 11.2 Å². The molecule has 0 aromatic carbocycles. The highest BCUT2D eigenvalue weighted by Crippen LogP contribution is 2.49. The molecule has 0 amide bonds. The first-order valence-electron chi connectivity index (χ1n) is 15.2. The summed E-state index contributed by atoms with van der Waals surface area (Å²) in [7, 11) is -4.71. The highest BCUT2D eigenvalue weighted by molar-refractivity contribution is 7.47. The minimum absolute atomic E-state index is 0.0625. The van der Waals surface area contributed by atoms with Crippen LogP contribution < -0.4 is 22.7 Å². The molecule has 254 valence electrons. The van der Waals surface area contributed by atoms with Crippen molar-refractivity contribution in [1.29, 1.82) is 0 Å². The Morgan fingerprint density at radius 2 is 1.65 bits per heavy atom. The van der Waals surface area contributed by atoms with Crippen LogP contribution >= 0.6 is 7.82 Å². The van der Waals surface area contributed by atoms with Crippen molar-refractivity contribution in [3.05, 3.63) is 33.5 Å². The fourth-order valence-corrected chi connectivity index (χ4v) is 6.19. The van der Waals surface area contributed by atoms with Gasteiger partial charge in [0.2, 0.25) is 11.9 Å². The molecule has 46 heavy (non-hydrogen) atoms. The quantitative estimate of drug-likeness (QED) is 0.123. The maximum atomic E-state index is 13.3. The second-order valence-electron chi connectivity index (χ2n) is 11.0. The molecule has 0 spiro atoms. The van der Waals surface area contributed by atoms with Crippen molar-refractivity contribution in [3.8, 4) is 0 Å². The number of rotatable bonds is 16. The number of fused-ring (bicyclic) bond motifs is 1. The van der Waals surface area contributed by atoms with E-state index in [-0.39, 0.29) is 49.1 Å². The number of ether oxygens (including phenoxy) is 4. The molecular weight excluding hydrogens is 629 g/mol. The molecule has 5 heterocycles. The van der Waals surface area contributed by atoms with E-state index in [2.05, 4.69) is 24.9 Å². The van der Waals surface area contributed by atoms with Crippen molar-refractivity contribution in [1.82, 2.24) is 34.1 Å². The van der Waals surface area contributed by atoms with Crippen LogP contribution in [0.2, 0.25) is 0 Å². The van der Waals surface area contributed by atoms with Crippen molar-refractivity contribution in [3.63, 3.8) is 0 Å². The fraction of sp³-hybridized carbons (Fsp3) is 0.692. The molecular formula is C26H40N9O10P. The molecule has 6 N–H and O–H groups in total. The Morgan fingerprint density at radius 3 is 2.39 bits per heavy atom. The van der Waals surface area contributed by atoms with Gasteiger partial charge in [0.05, 0.1) is 25.6 Å². The van der Waals surface area contributed by atoms with Gasteiger partial charge in [-0.2, -0.15) is 9.97 Å². The Morgan fingerprint density at radius 1 is 0.978 bits per heavy atom. The van der Waals surface area contributed by atoms with Gasteiger partial charge < -0.3 is 35.3 Å². The van der Waals surface area contributed by atoms with Crippen LogP contribution in [0.1, 0.15) is 64.8 Å². The largest absolute Gasteiger partial charge is 0.472 e. The number of H-pyrrole nitrogens is 1. The maximum absolute atomic E-state index is 13.3. The van der Waals surface area contributed by atoms with Gasteiger partial charge in [-0.25, -0.2) is 19.3 Å².